The number of halogens is 2. The fraction of sp³-hybridized carbons (Fsp3) is 0.192. The average Bonchev–Trinajstić information content (AvgIpc) is 2.86. The number of hydrogen-bond acceptors (Lipinski definition) is 6. The quantitative estimate of drug-likeness (QED) is 0.186. The first-order valence-corrected chi connectivity index (χ1v) is 13.4. The van der Waals surface area contributed by atoms with Gasteiger partial charge in [-0.3, -0.25) is 9.10 Å². The van der Waals surface area contributed by atoms with E-state index in [9.17, 15) is 13.2 Å². The Labute approximate surface area is 219 Å². The Morgan fingerprint density at radius 2 is 1.61 bits per heavy atom. The molecule has 3 aromatic carbocycles. The van der Waals surface area contributed by atoms with Crippen LogP contribution in [-0.2, 0) is 19.6 Å². The number of anilines is 1. The minimum Gasteiger partial charge on any atom is -0.464 e. The monoisotopic (exact) mass is 543 g/mol. The van der Waals surface area contributed by atoms with Crippen molar-refractivity contribution in [2.45, 2.75) is 24.7 Å². The standard InChI is InChI=1S/C26H23Cl2N3O4S/c1-2-3-11-35-25(32)17-31(36(33,34)24-15-21(27)14-22(28)16-24)23-8-7-18-12-20(6-5-19(18)13-23)26-29-9-4-10-30-26/h4-10,12-16H,2-3,11,17H2,1H3. The van der Waals surface area contributed by atoms with E-state index >= 15 is 0 Å². The zero-order chi connectivity index (χ0) is 25.7. The normalized spacial score (nSPS) is 11.4. The van der Waals surface area contributed by atoms with Gasteiger partial charge in [0.25, 0.3) is 10.0 Å². The maximum Gasteiger partial charge on any atom is 0.326 e. The van der Waals surface area contributed by atoms with Crippen LogP contribution in [0.15, 0.2) is 78.0 Å². The van der Waals surface area contributed by atoms with Gasteiger partial charge in [-0.05, 0) is 59.7 Å². The summed E-state index contributed by atoms with van der Waals surface area (Å²) in [5.41, 5.74) is 1.13. The van der Waals surface area contributed by atoms with Crippen LogP contribution in [0.25, 0.3) is 22.2 Å². The second-order valence-electron chi connectivity index (χ2n) is 8.01. The van der Waals surface area contributed by atoms with E-state index in [1.54, 1.807) is 36.7 Å². The lowest BCUT2D eigenvalue weighted by Crippen LogP contribution is -2.36. The number of rotatable bonds is 9. The highest BCUT2D eigenvalue weighted by Gasteiger charge is 2.29. The van der Waals surface area contributed by atoms with Gasteiger partial charge in [0.15, 0.2) is 5.82 Å². The van der Waals surface area contributed by atoms with Crippen LogP contribution in [0.3, 0.4) is 0 Å². The molecular formula is C26H23Cl2N3O4S. The summed E-state index contributed by atoms with van der Waals surface area (Å²) in [6.07, 6.45) is 4.86. The molecule has 0 radical (unpaired) electrons. The molecule has 0 saturated heterocycles. The highest BCUT2D eigenvalue weighted by Crippen LogP contribution is 2.31. The number of ether oxygens (including phenoxy) is 1. The van der Waals surface area contributed by atoms with E-state index in [1.165, 1.54) is 18.2 Å². The zero-order valence-electron chi connectivity index (χ0n) is 19.4. The molecule has 1 aromatic heterocycles. The van der Waals surface area contributed by atoms with E-state index in [1.807, 2.05) is 25.1 Å². The topological polar surface area (TPSA) is 89.5 Å². The fourth-order valence-electron chi connectivity index (χ4n) is 3.59. The number of fused-ring (bicyclic) bond motifs is 1. The third kappa shape index (κ3) is 5.95. The first kappa shape index (κ1) is 25.9. The first-order chi connectivity index (χ1) is 17.3. The van der Waals surface area contributed by atoms with Crippen LogP contribution in [0.5, 0.6) is 0 Å². The van der Waals surface area contributed by atoms with Gasteiger partial charge >= 0.3 is 5.97 Å². The van der Waals surface area contributed by atoms with Gasteiger partial charge < -0.3 is 4.74 Å². The van der Waals surface area contributed by atoms with Gasteiger partial charge in [0, 0.05) is 28.0 Å². The van der Waals surface area contributed by atoms with Crippen molar-refractivity contribution in [2.24, 2.45) is 0 Å². The van der Waals surface area contributed by atoms with E-state index in [2.05, 4.69) is 9.97 Å². The predicted molar refractivity (Wildman–Crippen MR) is 142 cm³/mol. The Kier molecular flexibility index (Phi) is 8.08. The minimum absolute atomic E-state index is 0.127. The molecule has 7 nitrogen and oxygen atoms in total. The molecule has 0 saturated carbocycles. The van der Waals surface area contributed by atoms with E-state index in [4.69, 9.17) is 27.9 Å². The van der Waals surface area contributed by atoms with E-state index in [0.29, 0.717) is 17.9 Å². The third-order valence-electron chi connectivity index (χ3n) is 5.39. The van der Waals surface area contributed by atoms with E-state index in [0.717, 1.165) is 27.1 Å². The Hall–Kier alpha value is -3.20. The highest BCUT2D eigenvalue weighted by atomic mass is 35.5. The van der Waals surface area contributed by atoms with Crippen LogP contribution in [0.4, 0.5) is 5.69 Å². The molecular weight excluding hydrogens is 521 g/mol. The summed E-state index contributed by atoms with van der Waals surface area (Å²) >= 11 is 12.1. The van der Waals surface area contributed by atoms with Gasteiger partial charge in [-0.15, -0.1) is 0 Å². The van der Waals surface area contributed by atoms with Crippen molar-refractivity contribution in [1.82, 2.24) is 9.97 Å². The van der Waals surface area contributed by atoms with E-state index in [-0.39, 0.29) is 21.5 Å². The van der Waals surface area contributed by atoms with Crippen LogP contribution < -0.4 is 4.31 Å². The minimum atomic E-state index is -4.20. The van der Waals surface area contributed by atoms with Crippen molar-refractivity contribution < 1.29 is 17.9 Å². The maximum absolute atomic E-state index is 13.7. The molecule has 0 atom stereocenters. The Bertz CT molecular complexity index is 1480. The number of nitrogens with zero attached hydrogens (tertiary/aromatic N) is 3. The molecule has 186 valence electrons. The predicted octanol–water partition coefficient (Wildman–Crippen LogP) is 6.14. The molecule has 36 heavy (non-hydrogen) atoms. The third-order valence-corrected chi connectivity index (χ3v) is 7.58. The fourth-order valence-corrected chi connectivity index (χ4v) is 5.72. The van der Waals surface area contributed by atoms with Gasteiger partial charge in [-0.25, -0.2) is 18.4 Å². The van der Waals surface area contributed by atoms with Gasteiger partial charge in [-0.2, -0.15) is 0 Å². The molecule has 0 bridgehead atoms. The number of hydrogen-bond donors (Lipinski definition) is 0. The molecule has 0 spiro atoms. The van der Waals surface area contributed by atoms with Crippen molar-refractivity contribution in [3.8, 4) is 11.4 Å². The molecule has 4 aromatic rings. The summed E-state index contributed by atoms with van der Waals surface area (Å²) in [6, 6.07) is 16.5. The second-order valence-corrected chi connectivity index (χ2v) is 10.7. The van der Waals surface area contributed by atoms with Gasteiger partial charge in [-0.1, -0.05) is 54.7 Å². The van der Waals surface area contributed by atoms with Crippen LogP contribution in [0, 0.1) is 0 Å². The molecule has 0 fully saturated rings. The maximum atomic E-state index is 13.7. The van der Waals surface area contributed by atoms with Crippen LogP contribution >= 0.6 is 23.2 Å². The first-order valence-electron chi connectivity index (χ1n) is 11.2. The number of carbonyl (C=O) groups is 1. The van der Waals surface area contributed by atoms with Gasteiger partial charge in [0.05, 0.1) is 17.2 Å². The lowest BCUT2D eigenvalue weighted by molar-refractivity contribution is -0.141. The molecule has 0 N–H and O–H groups in total. The number of benzene rings is 3. The number of sulfonamides is 1. The van der Waals surface area contributed by atoms with Crippen LogP contribution in [0.1, 0.15) is 19.8 Å². The Morgan fingerprint density at radius 1 is 0.944 bits per heavy atom. The van der Waals surface area contributed by atoms with Crippen LogP contribution in [0.2, 0.25) is 10.0 Å². The van der Waals surface area contributed by atoms with Crippen molar-refractivity contribution in [3.63, 3.8) is 0 Å². The molecule has 0 unspecified atom stereocenters. The molecule has 0 aliphatic rings. The lowest BCUT2D eigenvalue weighted by Gasteiger charge is -2.24. The largest absolute Gasteiger partial charge is 0.464 e. The summed E-state index contributed by atoms with van der Waals surface area (Å²) in [7, 11) is -4.20. The van der Waals surface area contributed by atoms with Gasteiger partial charge in [0.1, 0.15) is 6.54 Å². The van der Waals surface area contributed by atoms with Crippen LogP contribution in [-0.4, -0.2) is 37.5 Å². The molecule has 10 heteroatoms. The zero-order valence-corrected chi connectivity index (χ0v) is 21.7. The molecule has 1 heterocycles. The highest BCUT2D eigenvalue weighted by molar-refractivity contribution is 7.92. The van der Waals surface area contributed by atoms with Crippen molar-refractivity contribution in [1.29, 1.82) is 0 Å². The molecule has 0 aliphatic carbocycles. The molecule has 0 aliphatic heterocycles. The summed E-state index contributed by atoms with van der Waals surface area (Å²) in [5, 5.41) is 1.97. The Balaban J connectivity index is 1.74. The smallest absolute Gasteiger partial charge is 0.326 e. The number of unbranched alkanes of at least 4 members (excludes halogenated alkanes) is 1. The summed E-state index contributed by atoms with van der Waals surface area (Å²) in [5.74, 6) is -0.0721. The van der Waals surface area contributed by atoms with Gasteiger partial charge in [0.2, 0.25) is 0 Å². The lowest BCUT2D eigenvalue weighted by atomic mass is 10.1. The number of aromatic nitrogens is 2. The second kappa shape index (κ2) is 11.2. The number of carbonyl (C=O) groups excluding carboxylic acids is 1. The molecule has 4 rings (SSSR count). The SMILES string of the molecule is CCCCOC(=O)CN(c1ccc2cc(-c3ncccn3)ccc2c1)S(=O)(=O)c1cc(Cl)cc(Cl)c1. The Morgan fingerprint density at radius 3 is 2.31 bits per heavy atom. The number of esters is 1. The summed E-state index contributed by atoms with van der Waals surface area (Å²) in [6.45, 7) is 1.68. The average molecular weight is 544 g/mol. The van der Waals surface area contributed by atoms with Crippen molar-refractivity contribution in [3.05, 3.63) is 83.1 Å². The van der Waals surface area contributed by atoms with Crippen molar-refractivity contribution >= 4 is 55.7 Å². The van der Waals surface area contributed by atoms with E-state index < -0.39 is 22.5 Å². The summed E-state index contributed by atoms with van der Waals surface area (Å²) < 4.78 is 33.6. The van der Waals surface area contributed by atoms with Crippen molar-refractivity contribution in [2.75, 3.05) is 17.5 Å². The molecule has 0 amide bonds. The summed E-state index contributed by atoms with van der Waals surface area (Å²) in [4.78, 5) is 21.0.